The molecular formula is C32H34N6O3. The standard InChI is InChI=1S/C32H34N6O3/c1-36-18-26(19-36)31(39)35-27-11-7-23(8-12-27)21-41-29-13-9-25(10-14-29)30-20-38(22-34-30)32(40)33-15-24-16-37(17-24)28-5-3-2-4-6-28/h2-14,20,22,24,26H,15-19,21H2,1H3,(H,33,40)(H,35,39). The van der Waals surface area contributed by atoms with Crippen LogP contribution in [-0.4, -0.2) is 66.2 Å². The number of hydrogen-bond acceptors (Lipinski definition) is 6. The average Bonchev–Trinajstić information content (AvgIpc) is 3.46. The summed E-state index contributed by atoms with van der Waals surface area (Å²) in [7, 11) is 2.01. The van der Waals surface area contributed by atoms with E-state index in [1.807, 2.05) is 73.8 Å². The molecule has 1 aromatic heterocycles. The molecule has 0 spiro atoms. The van der Waals surface area contributed by atoms with Crippen molar-refractivity contribution in [3.8, 4) is 17.0 Å². The maximum Gasteiger partial charge on any atom is 0.326 e. The summed E-state index contributed by atoms with van der Waals surface area (Å²) in [5.41, 5.74) is 4.65. The van der Waals surface area contributed by atoms with Crippen molar-refractivity contribution in [3.63, 3.8) is 0 Å². The van der Waals surface area contributed by atoms with E-state index in [1.54, 1.807) is 12.5 Å². The fraction of sp³-hybridized carbons (Fsp3) is 0.281. The third-order valence-corrected chi connectivity index (χ3v) is 7.65. The van der Waals surface area contributed by atoms with Crippen molar-refractivity contribution in [2.75, 3.05) is 50.0 Å². The number of amides is 2. The van der Waals surface area contributed by atoms with Gasteiger partial charge in [-0.15, -0.1) is 0 Å². The van der Waals surface area contributed by atoms with Gasteiger partial charge >= 0.3 is 6.03 Å². The van der Waals surface area contributed by atoms with Crippen LogP contribution in [-0.2, 0) is 11.4 Å². The molecule has 0 atom stereocenters. The summed E-state index contributed by atoms with van der Waals surface area (Å²) in [4.78, 5) is 33.7. The number of carbonyl (C=O) groups is 2. The van der Waals surface area contributed by atoms with Crippen molar-refractivity contribution in [2.24, 2.45) is 11.8 Å². The van der Waals surface area contributed by atoms with Gasteiger partial charge in [-0.2, -0.15) is 0 Å². The second-order valence-electron chi connectivity index (χ2n) is 10.9. The zero-order valence-corrected chi connectivity index (χ0v) is 23.1. The number of carbonyl (C=O) groups excluding carboxylic acids is 2. The topological polar surface area (TPSA) is 91.7 Å². The molecule has 0 aliphatic carbocycles. The predicted molar refractivity (Wildman–Crippen MR) is 159 cm³/mol. The van der Waals surface area contributed by atoms with Crippen molar-refractivity contribution in [1.82, 2.24) is 19.8 Å². The van der Waals surface area contributed by atoms with Crippen LogP contribution in [0, 0.1) is 11.8 Å². The molecule has 2 aliphatic rings. The Morgan fingerprint density at radius 2 is 1.66 bits per heavy atom. The molecular weight excluding hydrogens is 516 g/mol. The van der Waals surface area contributed by atoms with Crippen molar-refractivity contribution >= 4 is 23.3 Å². The number of likely N-dealkylation sites (tertiary alicyclic amines) is 1. The zero-order valence-electron chi connectivity index (χ0n) is 23.1. The Labute approximate surface area is 239 Å². The molecule has 9 heteroatoms. The van der Waals surface area contributed by atoms with Crippen LogP contribution in [0.3, 0.4) is 0 Å². The number of benzene rings is 3. The molecule has 0 bridgehead atoms. The lowest BCUT2D eigenvalue weighted by molar-refractivity contribution is -0.124. The Hall–Kier alpha value is -4.63. The van der Waals surface area contributed by atoms with Gasteiger partial charge in [-0.25, -0.2) is 9.78 Å². The highest BCUT2D eigenvalue weighted by molar-refractivity contribution is 5.93. The lowest BCUT2D eigenvalue weighted by atomic mass is 9.99. The van der Waals surface area contributed by atoms with Gasteiger partial charge in [0.2, 0.25) is 5.91 Å². The van der Waals surface area contributed by atoms with E-state index >= 15 is 0 Å². The van der Waals surface area contributed by atoms with Crippen LogP contribution in [0.15, 0.2) is 91.4 Å². The maximum atomic E-state index is 12.6. The quantitative estimate of drug-likeness (QED) is 0.323. The van der Waals surface area contributed by atoms with Crippen molar-refractivity contribution in [1.29, 1.82) is 0 Å². The molecule has 41 heavy (non-hydrogen) atoms. The first kappa shape index (κ1) is 26.6. The molecule has 6 rings (SSSR count). The van der Waals surface area contributed by atoms with Crippen LogP contribution in [0.25, 0.3) is 11.3 Å². The summed E-state index contributed by atoms with van der Waals surface area (Å²) in [5, 5.41) is 6.00. The highest BCUT2D eigenvalue weighted by Crippen LogP contribution is 2.24. The smallest absolute Gasteiger partial charge is 0.326 e. The molecule has 2 saturated heterocycles. The number of nitrogens with zero attached hydrogens (tertiary/aromatic N) is 4. The van der Waals surface area contributed by atoms with Crippen molar-refractivity contribution in [3.05, 3.63) is 97.0 Å². The third-order valence-electron chi connectivity index (χ3n) is 7.65. The molecule has 210 valence electrons. The lowest BCUT2D eigenvalue weighted by Gasteiger charge is -2.41. The summed E-state index contributed by atoms with van der Waals surface area (Å²) in [5.74, 6) is 1.32. The van der Waals surface area contributed by atoms with Crippen LogP contribution in [0.4, 0.5) is 16.2 Å². The minimum absolute atomic E-state index is 0.0705. The molecule has 3 aromatic carbocycles. The molecule has 9 nitrogen and oxygen atoms in total. The zero-order chi connectivity index (χ0) is 28.2. The first-order valence-electron chi connectivity index (χ1n) is 13.9. The number of aromatic nitrogens is 2. The molecule has 3 heterocycles. The Bertz CT molecular complexity index is 1470. The van der Waals surface area contributed by atoms with Gasteiger partial charge in [0.15, 0.2) is 0 Å². The summed E-state index contributed by atoms with van der Waals surface area (Å²) < 4.78 is 7.43. The van der Waals surface area contributed by atoms with Gasteiger partial charge in [-0.1, -0.05) is 30.3 Å². The largest absolute Gasteiger partial charge is 0.489 e. The van der Waals surface area contributed by atoms with E-state index in [1.165, 1.54) is 10.3 Å². The first-order chi connectivity index (χ1) is 20.0. The Kier molecular flexibility index (Phi) is 7.69. The van der Waals surface area contributed by atoms with Crippen LogP contribution >= 0.6 is 0 Å². The molecule has 2 amide bonds. The van der Waals surface area contributed by atoms with Gasteiger partial charge in [0.05, 0.1) is 11.6 Å². The highest BCUT2D eigenvalue weighted by Gasteiger charge is 2.30. The number of para-hydroxylation sites is 1. The van der Waals surface area contributed by atoms with Crippen LogP contribution < -0.4 is 20.3 Å². The third kappa shape index (κ3) is 6.41. The van der Waals surface area contributed by atoms with Crippen LogP contribution in [0.1, 0.15) is 5.56 Å². The Balaban J connectivity index is 0.943. The van der Waals surface area contributed by atoms with Crippen LogP contribution in [0.2, 0.25) is 0 Å². The number of hydrogen-bond donors (Lipinski definition) is 2. The average molecular weight is 551 g/mol. The van der Waals surface area contributed by atoms with Crippen molar-refractivity contribution in [2.45, 2.75) is 6.61 Å². The first-order valence-corrected chi connectivity index (χ1v) is 13.9. The van der Waals surface area contributed by atoms with E-state index in [2.05, 4.69) is 37.6 Å². The Morgan fingerprint density at radius 3 is 2.37 bits per heavy atom. The number of rotatable bonds is 9. The molecule has 2 aliphatic heterocycles. The van der Waals surface area contributed by atoms with Gasteiger partial charge in [0, 0.05) is 61.8 Å². The second kappa shape index (κ2) is 11.9. The van der Waals surface area contributed by atoms with E-state index in [-0.39, 0.29) is 17.9 Å². The van der Waals surface area contributed by atoms with Gasteiger partial charge < -0.3 is 25.2 Å². The second-order valence-corrected chi connectivity index (χ2v) is 10.9. The number of ether oxygens (including phenoxy) is 1. The highest BCUT2D eigenvalue weighted by atomic mass is 16.5. The molecule has 2 N–H and O–H groups in total. The van der Waals surface area contributed by atoms with E-state index < -0.39 is 0 Å². The van der Waals surface area contributed by atoms with Crippen molar-refractivity contribution < 1.29 is 14.3 Å². The molecule has 0 saturated carbocycles. The summed E-state index contributed by atoms with van der Waals surface area (Å²) >= 11 is 0. The molecule has 4 aromatic rings. The Morgan fingerprint density at radius 1 is 0.927 bits per heavy atom. The molecule has 0 radical (unpaired) electrons. The van der Waals surface area contributed by atoms with Gasteiger partial charge in [0.25, 0.3) is 0 Å². The van der Waals surface area contributed by atoms with E-state index in [0.717, 1.165) is 54.4 Å². The summed E-state index contributed by atoms with van der Waals surface area (Å²) in [6, 6.07) is 25.5. The van der Waals surface area contributed by atoms with E-state index in [9.17, 15) is 9.59 Å². The van der Waals surface area contributed by atoms with Gasteiger partial charge in [0.1, 0.15) is 18.7 Å². The predicted octanol–water partition coefficient (Wildman–Crippen LogP) is 4.32. The number of imidazole rings is 1. The SMILES string of the molecule is CN1CC(C(=O)Nc2ccc(COc3ccc(-c4cn(C(=O)NCC5CN(c6ccccc6)C5)cn4)cc3)cc2)C1. The summed E-state index contributed by atoms with van der Waals surface area (Å²) in [6.07, 6.45) is 3.29. The number of nitrogens with one attached hydrogen (secondary N) is 2. The van der Waals surface area contributed by atoms with Crippen LogP contribution in [0.5, 0.6) is 5.75 Å². The normalized spacial score (nSPS) is 15.6. The minimum atomic E-state index is -0.178. The van der Waals surface area contributed by atoms with E-state index in [4.69, 9.17) is 4.74 Å². The van der Waals surface area contributed by atoms with Gasteiger partial charge in [-0.3, -0.25) is 9.36 Å². The minimum Gasteiger partial charge on any atom is -0.489 e. The molecule has 2 fully saturated rings. The van der Waals surface area contributed by atoms with Gasteiger partial charge in [-0.05, 0) is 61.1 Å². The maximum absolute atomic E-state index is 12.6. The summed E-state index contributed by atoms with van der Waals surface area (Å²) in [6.45, 7) is 4.55. The fourth-order valence-corrected chi connectivity index (χ4v) is 5.14. The number of anilines is 2. The monoisotopic (exact) mass is 550 g/mol. The van der Waals surface area contributed by atoms with E-state index in [0.29, 0.717) is 19.1 Å². The lowest BCUT2D eigenvalue weighted by Crippen LogP contribution is -2.51. The fourth-order valence-electron chi connectivity index (χ4n) is 5.14. The molecule has 0 unspecified atom stereocenters.